The highest BCUT2D eigenvalue weighted by atomic mass is 32.2. The van der Waals surface area contributed by atoms with Gasteiger partial charge in [0, 0.05) is 37.9 Å². The maximum atomic E-state index is 13.6. The summed E-state index contributed by atoms with van der Waals surface area (Å²) in [6, 6.07) is 14.5. The van der Waals surface area contributed by atoms with Gasteiger partial charge in [-0.2, -0.15) is 0 Å². The van der Waals surface area contributed by atoms with Gasteiger partial charge in [0.15, 0.2) is 19.7 Å². The summed E-state index contributed by atoms with van der Waals surface area (Å²) in [5.74, 6) is -0.227. The zero-order valence-electron chi connectivity index (χ0n) is 17.8. The van der Waals surface area contributed by atoms with Crippen LogP contribution in [0.3, 0.4) is 0 Å². The molecule has 2 aliphatic heterocycles. The van der Waals surface area contributed by atoms with E-state index >= 15 is 0 Å². The van der Waals surface area contributed by atoms with Crippen molar-refractivity contribution in [1.82, 2.24) is 4.90 Å². The molecule has 168 valence electrons. The minimum Gasteiger partial charge on any atom is -0.495 e. The molecule has 2 aliphatic rings. The van der Waals surface area contributed by atoms with Crippen LogP contribution in [0, 0.1) is 6.92 Å². The highest BCUT2D eigenvalue weighted by molar-refractivity contribution is 7.96. The third-order valence-corrected chi connectivity index (χ3v) is 10.3. The second-order valence-corrected chi connectivity index (χ2v) is 12.5. The molecule has 2 saturated heterocycles. The van der Waals surface area contributed by atoms with Crippen LogP contribution in [0.15, 0.2) is 53.4 Å². The Morgan fingerprint density at radius 1 is 0.968 bits per heavy atom. The van der Waals surface area contributed by atoms with Crippen molar-refractivity contribution < 1.29 is 21.6 Å². The molecular formula is C22H28N2O5S2. The van der Waals surface area contributed by atoms with E-state index in [-0.39, 0.29) is 22.2 Å². The zero-order valence-corrected chi connectivity index (χ0v) is 19.4. The van der Waals surface area contributed by atoms with E-state index < -0.39 is 31.0 Å². The first-order valence-electron chi connectivity index (χ1n) is 10.3. The van der Waals surface area contributed by atoms with E-state index in [1.165, 1.54) is 7.11 Å². The van der Waals surface area contributed by atoms with Gasteiger partial charge in [-0.15, -0.1) is 0 Å². The molecule has 0 aliphatic carbocycles. The lowest BCUT2D eigenvalue weighted by atomic mass is 10.1. The summed E-state index contributed by atoms with van der Waals surface area (Å²) in [6.45, 7) is 4.49. The first-order chi connectivity index (χ1) is 14.7. The quantitative estimate of drug-likeness (QED) is 0.667. The number of piperazine rings is 1. The summed E-state index contributed by atoms with van der Waals surface area (Å²) in [5.41, 5.74) is 1.91. The van der Waals surface area contributed by atoms with Crippen molar-refractivity contribution in [3.05, 3.63) is 54.1 Å². The number of anilines is 1. The van der Waals surface area contributed by atoms with Crippen LogP contribution in [0.4, 0.5) is 5.69 Å². The van der Waals surface area contributed by atoms with Crippen LogP contribution in [-0.2, 0) is 19.7 Å². The van der Waals surface area contributed by atoms with Gasteiger partial charge < -0.3 is 9.64 Å². The lowest BCUT2D eigenvalue weighted by molar-refractivity contribution is 0.201. The number of para-hydroxylation sites is 1. The van der Waals surface area contributed by atoms with Crippen molar-refractivity contribution in [1.29, 1.82) is 0 Å². The van der Waals surface area contributed by atoms with Crippen LogP contribution in [0.2, 0.25) is 0 Å². The molecule has 0 unspecified atom stereocenters. The SMILES string of the molecule is COc1ccc(C)cc1S(=O)(=O)[C@H]1CS(=O)(=O)C[C@H]1N1CCN(c2ccccc2)CC1. The lowest BCUT2D eigenvalue weighted by Gasteiger charge is -2.40. The maximum absolute atomic E-state index is 13.6. The van der Waals surface area contributed by atoms with Crippen LogP contribution in [-0.4, -0.2) is 77.8 Å². The molecule has 0 saturated carbocycles. The van der Waals surface area contributed by atoms with Crippen molar-refractivity contribution in [3.8, 4) is 5.75 Å². The van der Waals surface area contributed by atoms with Gasteiger partial charge in [-0.05, 0) is 36.8 Å². The molecule has 0 radical (unpaired) electrons. The van der Waals surface area contributed by atoms with Crippen molar-refractivity contribution in [3.63, 3.8) is 0 Å². The minimum absolute atomic E-state index is 0.0741. The van der Waals surface area contributed by atoms with Gasteiger partial charge in [0.2, 0.25) is 0 Å². The second kappa shape index (κ2) is 8.44. The van der Waals surface area contributed by atoms with Gasteiger partial charge in [-0.3, -0.25) is 4.90 Å². The van der Waals surface area contributed by atoms with E-state index in [2.05, 4.69) is 4.90 Å². The molecule has 2 atom stereocenters. The van der Waals surface area contributed by atoms with Gasteiger partial charge in [0.25, 0.3) is 0 Å². The van der Waals surface area contributed by atoms with E-state index in [1.807, 2.05) is 42.2 Å². The summed E-state index contributed by atoms with van der Waals surface area (Å²) in [4.78, 5) is 4.35. The van der Waals surface area contributed by atoms with Crippen molar-refractivity contribution >= 4 is 25.4 Å². The Kier molecular flexibility index (Phi) is 6.02. The topological polar surface area (TPSA) is 84.0 Å². The second-order valence-electron chi connectivity index (χ2n) is 8.24. The number of sulfone groups is 2. The molecule has 2 fully saturated rings. The largest absolute Gasteiger partial charge is 0.495 e. The summed E-state index contributed by atoms with van der Waals surface area (Å²) in [7, 11) is -5.93. The summed E-state index contributed by atoms with van der Waals surface area (Å²) in [6.07, 6.45) is 0. The fraction of sp³-hybridized carbons (Fsp3) is 0.455. The van der Waals surface area contributed by atoms with Crippen LogP contribution in [0.1, 0.15) is 5.56 Å². The van der Waals surface area contributed by atoms with Gasteiger partial charge in [-0.1, -0.05) is 24.3 Å². The third kappa shape index (κ3) is 4.44. The average molecular weight is 465 g/mol. The van der Waals surface area contributed by atoms with Gasteiger partial charge in [0.05, 0.1) is 23.9 Å². The molecule has 2 heterocycles. The molecule has 0 amide bonds. The normalized spacial score (nSPS) is 24.3. The highest BCUT2D eigenvalue weighted by Gasteiger charge is 2.49. The maximum Gasteiger partial charge on any atom is 0.187 e. The molecule has 9 heteroatoms. The van der Waals surface area contributed by atoms with Crippen LogP contribution < -0.4 is 9.64 Å². The number of benzene rings is 2. The lowest BCUT2D eigenvalue weighted by Crippen LogP contribution is -2.55. The molecule has 2 aromatic rings. The van der Waals surface area contributed by atoms with Crippen LogP contribution in [0.25, 0.3) is 0 Å². The van der Waals surface area contributed by atoms with E-state index in [1.54, 1.807) is 18.2 Å². The molecule has 7 nitrogen and oxygen atoms in total. The third-order valence-electron chi connectivity index (χ3n) is 6.20. The fourth-order valence-electron chi connectivity index (χ4n) is 4.55. The Morgan fingerprint density at radius 3 is 2.29 bits per heavy atom. The number of aryl methyl sites for hydroxylation is 1. The monoisotopic (exact) mass is 464 g/mol. The molecule has 4 rings (SSSR count). The Labute approximate surface area is 184 Å². The van der Waals surface area contributed by atoms with E-state index in [0.717, 1.165) is 24.3 Å². The first-order valence-corrected chi connectivity index (χ1v) is 13.7. The van der Waals surface area contributed by atoms with E-state index in [0.29, 0.717) is 13.1 Å². The number of methoxy groups -OCH3 is 1. The van der Waals surface area contributed by atoms with Crippen LogP contribution >= 0.6 is 0 Å². The molecular weight excluding hydrogens is 436 g/mol. The molecule has 0 spiro atoms. The standard InChI is InChI=1S/C22H28N2O5S2/c1-17-8-9-20(29-2)21(14-17)31(27,28)22-16-30(25,26)15-19(22)24-12-10-23(11-13-24)18-6-4-3-5-7-18/h3-9,14,19,22H,10-13,15-16H2,1-2H3/t19-,22+/m1/s1. The van der Waals surface area contributed by atoms with Crippen molar-refractivity contribution in [2.75, 3.05) is 49.7 Å². The van der Waals surface area contributed by atoms with Gasteiger partial charge >= 0.3 is 0 Å². The Morgan fingerprint density at radius 2 is 1.65 bits per heavy atom. The molecule has 31 heavy (non-hydrogen) atoms. The number of hydrogen-bond donors (Lipinski definition) is 0. The fourth-order valence-corrected chi connectivity index (χ4v) is 9.63. The summed E-state index contributed by atoms with van der Waals surface area (Å²) in [5, 5.41) is -1.00. The molecule has 0 bridgehead atoms. The predicted octanol–water partition coefficient (Wildman–Crippen LogP) is 1.77. The van der Waals surface area contributed by atoms with E-state index in [4.69, 9.17) is 4.74 Å². The zero-order chi connectivity index (χ0) is 22.2. The highest BCUT2D eigenvalue weighted by Crippen LogP contribution is 2.34. The van der Waals surface area contributed by atoms with Crippen molar-refractivity contribution in [2.24, 2.45) is 0 Å². The Bertz CT molecular complexity index is 1140. The first kappa shape index (κ1) is 22.1. The molecule has 2 aromatic carbocycles. The minimum atomic E-state index is -3.90. The average Bonchev–Trinajstić information content (AvgIpc) is 3.11. The Hall–Kier alpha value is -2.10. The molecule has 0 N–H and O–H groups in total. The smallest absolute Gasteiger partial charge is 0.187 e. The summed E-state index contributed by atoms with van der Waals surface area (Å²) >= 11 is 0. The number of hydrogen-bond acceptors (Lipinski definition) is 7. The van der Waals surface area contributed by atoms with Gasteiger partial charge in [-0.25, -0.2) is 16.8 Å². The predicted molar refractivity (Wildman–Crippen MR) is 121 cm³/mol. The number of nitrogens with zero attached hydrogens (tertiary/aromatic N) is 2. The van der Waals surface area contributed by atoms with Gasteiger partial charge in [0.1, 0.15) is 10.6 Å². The Balaban J connectivity index is 1.60. The van der Waals surface area contributed by atoms with Crippen molar-refractivity contribution in [2.45, 2.75) is 23.1 Å². The van der Waals surface area contributed by atoms with E-state index in [9.17, 15) is 16.8 Å². The number of rotatable bonds is 5. The number of ether oxygens (including phenoxy) is 1. The summed E-state index contributed by atoms with van der Waals surface area (Å²) < 4.78 is 57.6. The van der Waals surface area contributed by atoms with Crippen LogP contribution in [0.5, 0.6) is 5.75 Å². The molecule has 0 aromatic heterocycles.